The molecular weight excluding hydrogens is 358 g/mol. The zero-order chi connectivity index (χ0) is 18.5. The van der Waals surface area contributed by atoms with E-state index in [0.29, 0.717) is 16.5 Å². The molecule has 1 amide bonds. The van der Waals surface area contributed by atoms with Crippen LogP contribution in [-0.4, -0.2) is 17.0 Å². The molecule has 0 bridgehead atoms. The molecule has 0 fully saturated rings. The first kappa shape index (κ1) is 17.4. The molecule has 0 unspecified atom stereocenters. The van der Waals surface area contributed by atoms with Crippen LogP contribution in [0, 0.1) is 10.1 Å². The van der Waals surface area contributed by atoms with Crippen molar-refractivity contribution < 1.29 is 14.1 Å². The van der Waals surface area contributed by atoms with Gasteiger partial charge in [0.2, 0.25) is 0 Å². The molecular formula is C18H12ClN3O4. The number of hydrogen-bond donors (Lipinski definition) is 1. The van der Waals surface area contributed by atoms with Crippen molar-refractivity contribution in [2.75, 3.05) is 0 Å². The topological polar surface area (TPSA) is 97.7 Å². The van der Waals surface area contributed by atoms with Gasteiger partial charge in [-0.05, 0) is 48.5 Å². The highest BCUT2D eigenvalue weighted by Gasteiger charge is 2.09. The summed E-state index contributed by atoms with van der Waals surface area (Å²) in [6.07, 6.45) is 1.36. The van der Waals surface area contributed by atoms with Gasteiger partial charge in [0, 0.05) is 28.3 Å². The van der Waals surface area contributed by atoms with Gasteiger partial charge in [-0.15, -0.1) is 0 Å². The van der Waals surface area contributed by atoms with E-state index in [1.165, 1.54) is 30.5 Å². The van der Waals surface area contributed by atoms with Crippen LogP contribution in [0.1, 0.15) is 16.1 Å². The van der Waals surface area contributed by atoms with Crippen LogP contribution >= 0.6 is 11.6 Å². The standard InChI is InChI=1S/C18H12ClN3O4/c19-14-5-1-12(2-6-14)17-10-9-16(26-17)11-20-21-18(23)13-3-7-15(8-4-13)22(24)25/h1-11H,(H,21,23)/b20-11-. The highest BCUT2D eigenvalue weighted by atomic mass is 35.5. The molecule has 0 atom stereocenters. The lowest BCUT2D eigenvalue weighted by Gasteiger charge is -1.99. The fourth-order valence-electron chi connectivity index (χ4n) is 2.15. The van der Waals surface area contributed by atoms with Gasteiger partial charge in [0.15, 0.2) is 0 Å². The molecule has 130 valence electrons. The number of furan rings is 1. The number of rotatable bonds is 5. The summed E-state index contributed by atoms with van der Waals surface area (Å²) in [4.78, 5) is 22.0. The second kappa shape index (κ2) is 7.62. The molecule has 0 aliphatic rings. The first-order valence-corrected chi connectivity index (χ1v) is 7.84. The molecule has 0 saturated heterocycles. The Morgan fingerprint density at radius 3 is 2.42 bits per heavy atom. The van der Waals surface area contributed by atoms with Crippen LogP contribution < -0.4 is 5.43 Å². The van der Waals surface area contributed by atoms with Crippen LogP contribution in [0.5, 0.6) is 0 Å². The van der Waals surface area contributed by atoms with Crippen LogP contribution in [-0.2, 0) is 0 Å². The van der Waals surface area contributed by atoms with Crippen LogP contribution in [0.15, 0.2) is 70.2 Å². The Morgan fingerprint density at radius 2 is 1.77 bits per heavy atom. The summed E-state index contributed by atoms with van der Waals surface area (Å²) in [6.45, 7) is 0. The third kappa shape index (κ3) is 4.14. The van der Waals surface area contributed by atoms with Gasteiger partial charge >= 0.3 is 0 Å². The van der Waals surface area contributed by atoms with Gasteiger partial charge in [0.1, 0.15) is 11.5 Å². The van der Waals surface area contributed by atoms with Crippen LogP contribution in [0.2, 0.25) is 5.02 Å². The summed E-state index contributed by atoms with van der Waals surface area (Å²) in [6, 6.07) is 15.9. The van der Waals surface area contributed by atoms with Crippen molar-refractivity contribution >= 4 is 29.4 Å². The number of nitro benzene ring substituents is 1. The number of carbonyl (C=O) groups excluding carboxylic acids is 1. The number of benzene rings is 2. The maximum atomic E-state index is 11.9. The molecule has 1 N–H and O–H groups in total. The number of nitrogens with one attached hydrogen (secondary N) is 1. The third-order valence-electron chi connectivity index (χ3n) is 3.45. The Balaban J connectivity index is 1.62. The largest absolute Gasteiger partial charge is 0.455 e. The van der Waals surface area contributed by atoms with Crippen LogP contribution in [0.25, 0.3) is 11.3 Å². The van der Waals surface area contributed by atoms with Crippen molar-refractivity contribution in [3.63, 3.8) is 0 Å². The molecule has 0 saturated carbocycles. The third-order valence-corrected chi connectivity index (χ3v) is 3.71. The molecule has 8 heteroatoms. The van der Waals surface area contributed by atoms with E-state index in [0.717, 1.165) is 5.56 Å². The average molecular weight is 370 g/mol. The number of carbonyl (C=O) groups is 1. The summed E-state index contributed by atoms with van der Waals surface area (Å²) in [5.74, 6) is 0.615. The number of nitrogens with zero attached hydrogens (tertiary/aromatic N) is 2. The molecule has 0 aliphatic carbocycles. The molecule has 7 nitrogen and oxygen atoms in total. The zero-order valence-electron chi connectivity index (χ0n) is 13.3. The molecule has 2 aromatic carbocycles. The lowest BCUT2D eigenvalue weighted by molar-refractivity contribution is -0.384. The summed E-state index contributed by atoms with van der Waals surface area (Å²) in [5, 5.41) is 15.1. The minimum absolute atomic E-state index is 0.0876. The van der Waals surface area contributed by atoms with E-state index in [1.54, 1.807) is 24.3 Å². The number of amides is 1. The summed E-state index contributed by atoms with van der Waals surface area (Å²) in [5.41, 5.74) is 3.37. The number of non-ortho nitro benzene ring substituents is 1. The highest BCUT2D eigenvalue weighted by Crippen LogP contribution is 2.23. The first-order valence-electron chi connectivity index (χ1n) is 7.46. The highest BCUT2D eigenvalue weighted by molar-refractivity contribution is 6.30. The average Bonchev–Trinajstić information content (AvgIpc) is 3.11. The van der Waals surface area contributed by atoms with Crippen molar-refractivity contribution in [1.82, 2.24) is 5.43 Å². The maximum absolute atomic E-state index is 11.9. The predicted octanol–water partition coefficient (Wildman–Crippen LogP) is 4.27. The van der Waals surface area contributed by atoms with Crippen molar-refractivity contribution in [1.29, 1.82) is 0 Å². The van der Waals surface area contributed by atoms with E-state index >= 15 is 0 Å². The second-order valence-corrected chi connectivity index (χ2v) is 5.65. The van der Waals surface area contributed by atoms with E-state index in [4.69, 9.17) is 16.0 Å². The molecule has 0 radical (unpaired) electrons. The Hall–Kier alpha value is -3.45. The normalized spacial score (nSPS) is 10.8. The second-order valence-electron chi connectivity index (χ2n) is 5.21. The SMILES string of the molecule is O=C(N/N=C\c1ccc(-c2ccc(Cl)cc2)o1)c1ccc([N+](=O)[O-])cc1. The predicted molar refractivity (Wildman–Crippen MR) is 97.3 cm³/mol. The number of hydrogen-bond acceptors (Lipinski definition) is 5. The van der Waals surface area contributed by atoms with E-state index < -0.39 is 10.8 Å². The zero-order valence-corrected chi connectivity index (χ0v) is 14.0. The van der Waals surface area contributed by atoms with E-state index in [1.807, 2.05) is 12.1 Å². The van der Waals surface area contributed by atoms with E-state index in [2.05, 4.69) is 10.5 Å². The van der Waals surface area contributed by atoms with Gasteiger partial charge in [-0.2, -0.15) is 5.10 Å². The fraction of sp³-hybridized carbons (Fsp3) is 0. The summed E-state index contributed by atoms with van der Waals surface area (Å²) < 4.78 is 5.62. The molecule has 3 rings (SSSR count). The van der Waals surface area contributed by atoms with Gasteiger partial charge in [-0.1, -0.05) is 11.6 Å². The Morgan fingerprint density at radius 1 is 1.08 bits per heavy atom. The minimum atomic E-state index is -0.533. The number of halogens is 1. The monoisotopic (exact) mass is 369 g/mol. The molecule has 1 heterocycles. The van der Waals surface area contributed by atoms with Gasteiger partial charge in [0.05, 0.1) is 11.1 Å². The van der Waals surface area contributed by atoms with Crippen molar-refractivity contribution in [2.45, 2.75) is 0 Å². The summed E-state index contributed by atoms with van der Waals surface area (Å²) >= 11 is 5.85. The Bertz CT molecular complexity index is 963. The Labute approximate surface area is 153 Å². The van der Waals surface area contributed by atoms with Gasteiger partial charge < -0.3 is 4.42 Å². The number of nitro groups is 1. The van der Waals surface area contributed by atoms with Crippen LogP contribution in [0.3, 0.4) is 0 Å². The van der Waals surface area contributed by atoms with Gasteiger partial charge in [-0.25, -0.2) is 5.43 Å². The van der Waals surface area contributed by atoms with Crippen molar-refractivity contribution in [3.05, 3.63) is 87.1 Å². The van der Waals surface area contributed by atoms with Crippen molar-refractivity contribution in [2.24, 2.45) is 5.10 Å². The van der Waals surface area contributed by atoms with Gasteiger partial charge in [0.25, 0.3) is 11.6 Å². The molecule has 3 aromatic rings. The number of hydrazone groups is 1. The van der Waals surface area contributed by atoms with Gasteiger partial charge in [-0.3, -0.25) is 14.9 Å². The molecule has 26 heavy (non-hydrogen) atoms. The van der Waals surface area contributed by atoms with E-state index in [-0.39, 0.29) is 11.3 Å². The minimum Gasteiger partial charge on any atom is -0.455 e. The molecule has 1 aromatic heterocycles. The maximum Gasteiger partial charge on any atom is 0.271 e. The smallest absolute Gasteiger partial charge is 0.271 e. The first-order chi connectivity index (χ1) is 12.5. The Kier molecular flexibility index (Phi) is 5.09. The fourth-order valence-corrected chi connectivity index (χ4v) is 2.27. The summed E-state index contributed by atoms with van der Waals surface area (Å²) in [7, 11) is 0. The lowest BCUT2D eigenvalue weighted by Crippen LogP contribution is -2.17. The molecule has 0 spiro atoms. The van der Waals surface area contributed by atoms with Crippen molar-refractivity contribution in [3.8, 4) is 11.3 Å². The molecule has 0 aliphatic heterocycles. The lowest BCUT2D eigenvalue weighted by atomic mass is 10.2. The van der Waals surface area contributed by atoms with Crippen LogP contribution in [0.4, 0.5) is 5.69 Å². The van der Waals surface area contributed by atoms with E-state index in [9.17, 15) is 14.9 Å². The quantitative estimate of drug-likeness (QED) is 0.412.